The zero-order chi connectivity index (χ0) is 59.9. The summed E-state index contributed by atoms with van der Waals surface area (Å²) in [5.41, 5.74) is 24.5. The van der Waals surface area contributed by atoms with Crippen LogP contribution in [0.25, 0.3) is 10.9 Å². The van der Waals surface area contributed by atoms with Crippen molar-refractivity contribution in [1.29, 1.82) is 0 Å². The zero-order valence-electron chi connectivity index (χ0n) is 45.0. The summed E-state index contributed by atoms with van der Waals surface area (Å²) in [6.45, 7) is -0.689. The van der Waals surface area contributed by atoms with Crippen molar-refractivity contribution in [3.8, 4) is 0 Å². The molecule has 0 radical (unpaired) electrons. The van der Waals surface area contributed by atoms with Crippen molar-refractivity contribution in [2.24, 2.45) is 27.9 Å². The number of fused-ring (bicyclic) bond motifs is 1. The van der Waals surface area contributed by atoms with Gasteiger partial charge in [-0.3, -0.25) is 57.7 Å². The summed E-state index contributed by atoms with van der Waals surface area (Å²) < 4.78 is 0. The zero-order valence-corrected chi connectivity index (χ0v) is 45.0. The number of para-hydroxylation sites is 1. The van der Waals surface area contributed by atoms with Gasteiger partial charge < -0.3 is 90.5 Å². The van der Waals surface area contributed by atoms with Gasteiger partial charge in [0.25, 0.3) is 0 Å². The predicted octanol–water partition coefficient (Wildman–Crippen LogP) is -5.21. The number of carbonyl (C=O) groups is 11. The van der Waals surface area contributed by atoms with E-state index in [0.29, 0.717) is 16.8 Å². The Bertz CT molecular complexity index is 2910. The number of aromatic nitrogens is 3. The number of primary amides is 1. The molecular formula is C52H71N17O13. The third-order valence-corrected chi connectivity index (χ3v) is 13.1. The van der Waals surface area contributed by atoms with Crippen molar-refractivity contribution in [1.82, 2.24) is 62.4 Å². The van der Waals surface area contributed by atoms with Crippen LogP contribution in [-0.2, 0) is 72.0 Å². The number of hydrogen-bond donors (Lipinski definition) is 16. The van der Waals surface area contributed by atoms with Crippen molar-refractivity contribution in [2.45, 2.75) is 113 Å². The molecular weight excluding hydrogens is 1070 g/mol. The summed E-state index contributed by atoms with van der Waals surface area (Å²) in [5, 5.41) is 39.2. The Morgan fingerprint density at radius 2 is 1.37 bits per heavy atom. The Hall–Kier alpha value is -9.45. The minimum atomic E-state index is -1.51. The van der Waals surface area contributed by atoms with Gasteiger partial charge in [0.2, 0.25) is 59.1 Å². The summed E-state index contributed by atoms with van der Waals surface area (Å²) in [7, 11) is 0. The number of likely N-dealkylation sites (tertiary alicyclic amines) is 1. The van der Waals surface area contributed by atoms with Crippen LogP contribution in [0.3, 0.4) is 0 Å². The van der Waals surface area contributed by atoms with E-state index in [2.05, 4.69) is 62.5 Å². The number of aliphatic hydroxyl groups excluding tert-OH is 1. The molecule has 30 nitrogen and oxygen atoms in total. The van der Waals surface area contributed by atoms with E-state index in [1.165, 1.54) is 24.3 Å². The molecule has 3 heterocycles. The van der Waals surface area contributed by atoms with Gasteiger partial charge >= 0.3 is 5.97 Å². The molecule has 0 bridgehead atoms. The first-order valence-electron chi connectivity index (χ1n) is 26.3. The number of amides is 10. The first-order chi connectivity index (χ1) is 39.1. The molecule has 2 aromatic carbocycles. The molecule has 1 aliphatic rings. The fourth-order valence-electron chi connectivity index (χ4n) is 8.81. The average Bonchev–Trinajstić information content (AvgIpc) is 4.31. The number of aliphatic imine (C=N–C) groups is 1. The number of nitrogens with two attached hydrogens (primary N) is 4. The Morgan fingerprint density at radius 1 is 0.720 bits per heavy atom. The fraction of sp³-hybridized carbons (Fsp3) is 0.442. The molecule has 0 saturated carbocycles. The molecule has 1 fully saturated rings. The third-order valence-electron chi connectivity index (χ3n) is 13.1. The first kappa shape index (κ1) is 63.4. The summed E-state index contributed by atoms with van der Waals surface area (Å²) in [6.07, 6.45) is 3.61. The van der Waals surface area contributed by atoms with E-state index in [-0.39, 0.29) is 70.4 Å². The molecule has 10 amide bonds. The van der Waals surface area contributed by atoms with Crippen LogP contribution < -0.4 is 65.5 Å². The number of aromatic amines is 2. The lowest BCUT2D eigenvalue weighted by Gasteiger charge is -2.31. The van der Waals surface area contributed by atoms with Gasteiger partial charge in [0.05, 0.1) is 19.5 Å². The molecule has 0 unspecified atom stereocenters. The molecule has 4 aromatic rings. The standard InChI is InChI=1S/C52H71N17O13/c1-28(63-45(76)33(53)26-70)44(75)66-38(20-30-22-59-34-12-6-5-11-32(30)34)49(80)64-35(13-7-17-58-52(55)56)47(78)68-39(21-31-23-57-27-62-31)51(82)69-18-8-14-40(69)50(81)65-36(15-16-41(54)71)48(79)67-37(19-29-9-3-2-4-10-29)46(77)61-24-42(72)60-25-43(73)74/h2-6,9-12,22-23,27-28,33,35-40,59,70H,7-8,13-21,24-26,53H2,1H3,(H2,54,71)(H,57,62)(H,60,72)(H,61,77)(H,63,76)(H,64,80)(H,65,81)(H,66,75)(H,67,79)(H,68,78)(H,73,74)(H4,55,56,58)/t28-,33-,35-,36-,37-,38-,39-,40-/m0/s1. The van der Waals surface area contributed by atoms with E-state index in [9.17, 15) is 57.8 Å². The second-order valence-electron chi connectivity index (χ2n) is 19.4. The highest BCUT2D eigenvalue weighted by Gasteiger charge is 2.41. The van der Waals surface area contributed by atoms with E-state index < -0.39 is 139 Å². The molecule has 2 aromatic heterocycles. The number of nitrogens with one attached hydrogen (secondary N) is 10. The molecule has 0 spiro atoms. The van der Waals surface area contributed by atoms with E-state index in [1.807, 2.05) is 6.07 Å². The summed E-state index contributed by atoms with van der Waals surface area (Å²) in [4.78, 5) is 163. The number of guanidine groups is 1. The van der Waals surface area contributed by atoms with Gasteiger partial charge in [0, 0.05) is 67.8 Å². The topological polar surface area (TPSA) is 489 Å². The molecule has 0 aliphatic carbocycles. The molecule has 442 valence electrons. The number of benzene rings is 2. The van der Waals surface area contributed by atoms with Crippen molar-refractivity contribution < 1.29 is 63.0 Å². The number of hydrogen-bond acceptors (Lipinski definition) is 15. The minimum Gasteiger partial charge on any atom is -0.480 e. The molecule has 8 atom stereocenters. The van der Waals surface area contributed by atoms with Gasteiger partial charge in [-0.25, -0.2) is 4.98 Å². The Morgan fingerprint density at radius 3 is 2.04 bits per heavy atom. The summed E-state index contributed by atoms with van der Waals surface area (Å²) in [6, 6.07) is 4.69. The normalized spacial score (nSPS) is 15.4. The van der Waals surface area contributed by atoms with Crippen LogP contribution in [0.1, 0.15) is 62.3 Å². The SMILES string of the molecule is C[C@H](NC(=O)[C@@H](N)CO)C(=O)N[C@@H](Cc1c[nH]c2ccccc12)C(=O)N[C@@H](CCCN=C(N)N)C(=O)N[C@@H](Cc1cnc[nH]1)C(=O)N1CCC[C@H]1C(=O)N[C@@H](CCC(N)=O)C(=O)N[C@@H](Cc1ccccc1)C(=O)NCC(=O)NCC(=O)O. The molecule has 82 heavy (non-hydrogen) atoms. The second kappa shape index (κ2) is 31.4. The van der Waals surface area contributed by atoms with Crippen molar-refractivity contribution >= 4 is 81.9 Å². The van der Waals surface area contributed by atoms with Gasteiger partial charge in [-0.1, -0.05) is 48.5 Å². The molecule has 1 saturated heterocycles. The molecule has 5 rings (SSSR count). The van der Waals surface area contributed by atoms with E-state index in [1.54, 1.807) is 54.7 Å². The highest BCUT2D eigenvalue weighted by atomic mass is 16.4. The fourth-order valence-corrected chi connectivity index (χ4v) is 8.81. The highest BCUT2D eigenvalue weighted by Crippen LogP contribution is 2.22. The predicted molar refractivity (Wildman–Crippen MR) is 293 cm³/mol. The summed E-state index contributed by atoms with van der Waals surface area (Å²) in [5.74, 6) is -9.92. The number of H-pyrrole nitrogens is 2. The van der Waals surface area contributed by atoms with Gasteiger partial charge in [0.15, 0.2) is 5.96 Å². The van der Waals surface area contributed by atoms with Crippen LogP contribution in [0.15, 0.2) is 78.3 Å². The Kier molecular flexibility index (Phi) is 24.2. The smallest absolute Gasteiger partial charge is 0.322 e. The number of aliphatic hydroxyl groups is 1. The van der Waals surface area contributed by atoms with Crippen molar-refractivity contribution in [3.05, 3.63) is 90.1 Å². The van der Waals surface area contributed by atoms with Gasteiger partial charge in [0.1, 0.15) is 54.9 Å². The van der Waals surface area contributed by atoms with Gasteiger partial charge in [-0.2, -0.15) is 0 Å². The molecule has 30 heteroatoms. The third kappa shape index (κ3) is 19.7. The lowest BCUT2D eigenvalue weighted by atomic mass is 10.0. The molecule has 1 aliphatic heterocycles. The average molecular weight is 1140 g/mol. The van der Waals surface area contributed by atoms with Crippen LogP contribution >= 0.6 is 0 Å². The lowest BCUT2D eigenvalue weighted by Crippen LogP contribution is -2.60. The van der Waals surface area contributed by atoms with E-state index in [0.717, 1.165) is 10.9 Å². The van der Waals surface area contributed by atoms with E-state index >= 15 is 0 Å². The number of nitrogens with zero attached hydrogens (tertiary/aromatic N) is 3. The molecule has 20 N–H and O–H groups in total. The Labute approximate surface area is 469 Å². The van der Waals surface area contributed by atoms with Crippen molar-refractivity contribution in [2.75, 3.05) is 32.8 Å². The first-order valence-corrected chi connectivity index (χ1v) is 26.3. The van der Waals surface area contributed by atoms with Crippen LogP contribution in [0, 0.1) is 0 Å². The van der Waals surface area contributed by atoms with Gasteiger partial charge in [-0.05, 0) is 56.2 Å². The number of aliphatic carboxylic acids is 1. The number of carboxylic acids is 1. The Balaban J connectivity index is 1.39. The number of carbonyl (C=O) groups excluding carboxylic acids is 10. The van der Waals surface area contributed by atoms with Crippen LogP contribution in [0.5, 0.6) is 0 Å². The number of carboxylic acid groups (broad SMARTS) is 1. The number of rotatable bonds is 32. The number of imidazole rings is 1. The van der Waals surface area contributed by atoms with Crippen LogP contribution in [-0.4, -0.2) is 182 Å². The van der Waals surface area contributed by atoms with E-state index in [4.69, 9.17) is 28.0 Å². The van der Waals surface area contributed by atoms with Gasteiger partial charge in [-0.15, -0.1) is 0 Å². The second-order valence-corrected chi connectivity index (χ2v) is 19.4. The largest absolute Gasteiger partial charge is 0.480 e. The monoisotopic (exact) mass is 1140 g/mol. The van der Waals surface area contributed by atoms with Crippen LogP contribution in [0.4, 0.5) is 0 Å². The highest BCUT2D eigenvalue weighted by molar-refractivity contribution is 5.99. The maximum absolute atomic E-state index is 14.9. The maximum atomic E-state index is 14.9. The van der Waals surface area contributed by atoms with Crippen molar-refractivity contribution in [3.63, 3.8) is 0 Å². The minimum absolute atomic E-state index is 0.00247. The summed E-state index contributed by atoms with van der Waals surface area (Å²) >= 11 is 0. The lowest BCUT2D eigenvalue weighted by molar-refractivity contribution is -0.142. The van der Waals surface area contributed by atoms with Crippen LogP contribution in [0.2, 0.25) is 0 Å². The maximum Gasteiger partial charge on any atom is 0.322 e. The quantitative estimate of drug-likeness (QED) is 0.0123.